The van der Waals surface area contributed by atoms with Crippen LogP contribution in [0.25, 0.3) is 10.8 Å². The average molecular weight is 1520 g/mol. The third-order valence-electron chi connectivity index (χ3n) is 18.0. The highest BCUT2D eigenvalue weighted by Gasteiger charge is 2.40. The summed E-state index contributed by atoms with van der Waals surface area (Å²) >= 11 is 6.26. The fraction of sp³-hybridized carbons (Fsp3) is 0.418. The summed E-state index contributed by atoms with van der Waals surface area (Å²) in [5.74, 6) is -9.82. The van der Waals surface area contributed by atoms with Crippen molar-refractivity contribution in [1.29, 1.82) is 0 Å². The van der Waals surface area contributed by atoms with Crippen molar-refractivity contribution in [3.63, 3.8) is 0 Å². The van der Waals surface area contributed by atoms with Gasteiger partial charge in [0.25, 0.3) is 0 Å². The molecule has 0 saturated carbocycles. The predicted octanol–water partition coefficient (Wildman–Crippen LogP) is 3.01. The normalized spacial score (nSPS) is 15.0. The summed E-state index contributed by atoms with van der Waals surface area (Å²) in [5.41, 5.74) is 8.78. The van der Waals surface area contributed by atoms with Crippen LogP contribution in [-0.2, 0) is 94.4 Å². The Morgan fingerprint density at radius 3 is 1.40 bits per heavy atom. The number of fused-ring (bicyclic) bond motifs is 1. The monoisotopic (exact) mass is 1520 g/mol. The molecule has 0 bridgehead atoms. The summed E-state index contributed by atoms with van der Waals surface area (Å²) in [4.78, 5) is 187. The lowest BCUT2D eigenvalue weighted by atomic mass is 9.99. The number of aliphatic hydroxyl groups excluding tert-OH is 1. The number of pyridine rings is 1. The Balaban J connectivity index is 1.18. The second-order valence-electron chi connectivity index (χ2n) is 28.0. The molecule has 1 aliphatic rings. The Hall–Kier alpha value is -11.2. The van der Waals surface area contributed by atoms with E-state index in [4.69, 9.17) is 17.3 Å². The van der Waals surface area contributed by atoms with E-state index in [9.17, 15) is 57.8 Å². The Morgan fingerprint density at radius 2 is 0.936 bits per heavy atom. The molecule has 2 heterocycles. The lowest BCUT2D eigenvalue weighted by molar-refractivity contribution is -0.142. The van der Waals surface area contributed by atoms with Crippen molar-refractivity contribution in [3.8, 4) is 0 Å². The number of rotatable bonds is 39. The molecule has 0 aliphatic carbocycles. The van der Waals surface area contributed by atoms with Crippen LogP contribution in [-0.4, -0.2) is 178 Å². The molecule has 1 aliphatic heterocycles. The summed E-state index contributed by atoms with van der Waals surface area (Å²) < 4.78 is 0. The average Bonchev–Trinajstić information content (AvgIpc) is 1.72. The summed E-state index contributed by atoms with van der Waals surface area (Å²) in [6.07, 6.45) is 3.22. The molecule has 30 heteroatoms. The molecule has 15 N–H and O–H groups in total. The minimum atomic E-state index is -1.85. The first-order valence-corrected chi connectivity index (χ1v) is 36.8. The second-order valence-corrected chi connectivity index (χ2v) is 28.4. The van der Waals surface area contributed by atoms with Gasteiger partial charge in [-0.3, -0.25) is 67.3 Å². The van der Waals surface area contributed by atoms with Gasteiger partial charge in [0.1, 0.15) is 60.4 Å². The van der Waals surface area contributed by atoms with E-state index in [2.05, 4.69) is 68.8 Å². The van der Waals surface area contributed by atoms with E-state index in [-0.39, 0.29) is 81.7 Å². The first-order chi connectivity index (χ1) is 51.9. The number of nitrogens with two attached hydrogens (primary N) is 1. The Kier molecular flexibility index (Phi) is 32.6. The maximum Gasteiger partial charge on any atom is 0.245 e. The van der Waals surface area contributed by atoms with Crippen molar-refractivity contribution in [2.45, 2.75) is 186 Å². The van der Waals surface area contributed by atoms with E-state index >= 15 is 9.59 Å². The summed E-state index contributed by atoms with van der Waals surface area (Å²) in [6.45, 7) is 12.4. The standard InChI is InChI=1S/C79H100ClN15O14/c1-45(2)36-62(71(101)88-61(17-12-34-83-46(3)4)79(109)95-35-13-18-69(95)78(108)84-47(5)70(81)100)89-73(103)65(39-52-22-29-59(30-23-52)85-48(6)97)91-75(105)66(40-53-24-31-60(32-25-53)86-49(7)98)93-77(107)68(44-96)94-76(106)67(42-55-14-11-33-82-43-55)92-74(104)64(38-51-20-27-58(80)28-21-51)90-72(102)63(87-50(8)99)41-54-19-26-56-15-9-10-16-57(56)37-54/h9-11,14-16,19-33,37,43,45-47,61-69,83,96H,12-13,17-18,34-36,38-42,44H2,1-8H3,(H2,81,100)(H,84,108)(H,85,97)(H,86,98)(H,87,99)(H,88,101)(H,89,103)(H,90,102)(H,91,105)(H,92,104)(H,93,107)(H,94,106)/t47-,61+,62+,63-,64-,65-,66+,67-,68+,69+/m1/s1. The number of aromatic nitrogens is 1. The number of carbonyl (C=O) groups excluding carboxylic acids is 13. The number of hydrogen-bond donors (Lipinski definition) is 14. The number of benzene rings is 5. The highest BCUT2D eigenvalue weighted by Crippen LogP contribution is 2.23. The number of primary amides is 1. The van der Waals surface area contributed by atoms with Crippen molar-refractivity contribution in [1.82, 2.24) is 63.1 Å². The van der Waals surface area contributed by atoms with Crippen LogP contribution >= 0.6 is 11.6 Å². The minimum Gasteiger partial charge on any atom is -0.394 e. The molecule has 1 fully saturated rings. The zero-order chi connectivity index (χ0) is 79.4. The highest BCUT2D eigenvalue weighted by atomic mass is 35.5. The van der Waals surface area contributed by atoms with E-state index in [1.54, 1.807) is 84.9 Å². The second kappa shape index (κ2) is 41.8. The fourth-order valence-electron chi connectivity index (χ4n) is 12.5. The number of likely N-dealkylation sites (tertiary alicyclic amines) is 1. The number of halogens is 1. The van der Waals surface area contributed by atoms with Crippen molar-refractivity contribution >= 4 is 111 Å². The van der Waals surface area contributed by atoms with E-state index in [1.165, 1.54) is 45.0 Å². The molecule has 1 aromatic heterocycles. The number of aliphatic hydroxyl groups is 1. The van der Waals surface area contributed by atoms with Gasteiger partial charge in [0.15, 0.2) is 0 Å². The number of nitrogens with zero attached hydrogens (tertiary/aromatic N) is 2. The van der Waals surface area contributed by atoms with Crippen LogP contribution in [0.2, 0.25) is 5.02 Å². The lowest BCUT2D eigenvalue weighted by Crippen LogP contribution is -2.62. The molecule has 0 radical (unpaired) electrons. The maximum absolute atomic E-state index is 15.3. The molecule has 582 valence electrons. The third kappa shape index (κ3) is 27.5. The Morgan fingerprint density at radius 1 is 0.495 bits per heavy atom. The smallest absolute Gasteiger partial charge is 0.245 e. The van der Waals surface area contributed by atoms with Crippen LogP contribution in [0.3, 0.4) is 0 Å². The Labute approximate surface area is 638 Å². The van der Waals surface area contributed by atoms with Gasteiger partial charge in [-0.15, -0.1) is 0 Å². The number of amides is 13. The predicted molar refractivity (Wildman–Crippen MR) is 411 cm³/mol. The van der Waals surface area contributed by atoms with Crippen LogP contribution < -0.4 is 69.5 Å². The van der Waals surface area contributed by atoms with Crippen molar-refractivity contribution in [3.05, 3.63) is 173 Å². The molecule has 6 aromatic rings. The number of carbonyl (C=O) groups is 13. The van der Waals surface area contributed by atoms with Gasteiger partial charge in [0, 0.05) is 94.3 Å². The molecule has 5 aromatic carbocycles. The van der Waals surface area contributed by atoms with Gasteiger partial charge in [-0.1, -0.05) is 124 Å². The molecule has 109 heavy (non-hydrogen) atoms. The largest absolute Gasteiger partial charge is 0.394 e. The van der Waals surface area contributed by atoms with Crippen LogP contribution in [0.1, 0.15) is 115 Å². The van der Waals surface area contributed by atoms with Gasteiger partial charge in [0.2, 0.25) is 76.8 Å². The fourth-order valence-corrected chi connectivity index (χ4v) is 12.6. The molecule has 7 rings (SSSR count). The molecule has 1 saturated heterocycles. The van der Waals surface area contributed by atoms with Crippen molar-refractivity contribution in [2.24, 2.45) is 11.7 Å². The molecule has 0 spiro atoms. The first-order valence-electron chi connectivity index (χ1n) is 36.4. The zero-order valence-electron chi connectivity index (χ0n) is 62.5. The van der Waals surface area contributed by atoms with E-state index in [0.29, 0.717) is 63.6 Å². The lowest BCUT2D eigenvalue weighted by Gasteiger charge is -2.31. The van der Waals surface area contributed by atoms with Crippen molar-refractivity contribution < 1.29 is 67.4 Å². The molecule has 13 amide bonds. The topological polar surface area (TPSA) is 429 Å². The molecule has 29 nitrogen and oxygen atoms in total. The SMILES string of the molecule is CC(=O)Nc1ccc(C[C@H](NC(=O)[C@H](CO)NC(=O)[C@@H](Cc2cccnc2)NC(=O)[C@@H](Cc2ccc(Cl)cc2)NC(=O)[C@@H](Cc2ccc3ccccc3c2)NC(C)=O)C(=O)N[C@H](Cc2ccc(NC(C)=O)cc2)C(=O)N[C@@H](CC(C)C)C(=O)N[C@@H](CCCNC(C)C)C(=O)N2CCC[C@H]2C(=O)N[C@H](C)C(N)=O)cc1. The minimum absolute atomic E-state index is 0.0155. The van der Waals surface area contributed by atoms with Gasteiger partial charge in [-0.25, -0.2) is 0 Å². The summed E-state index contributed by atoms with van der Waals surface area (Å²) in [5, 5.41) is 46.4. The van der Waals surface area contributed by atoms with Crippen LogP contribution in [0.4, 0.5) is 11.4 Å². The van der Waals surface area contributed by atoms with Crippen molar-refractivity contribution in [2.75, 3.05) is 30.3 Å². The van der Waals surface area contributed by atoms with Gasteiger partial charge < -0.3 is 79.5 Å². The van der Waals surface area contributed by atoms with Crippen LogP contribution in [0.15, 0.2) is 140 Å². The molecular weight excluding hydrogens is 1420 g/mol. The van der Waals surface area contributed by atoms with Crippen LogP contribution in [0.5, 0.6) is 0 Å². The summed E-state index contributed by atoms with van der Waals surface area (Å²) in [6, 6.07) is 21.8. The van der Waals surface area contributed by atoms with E-state index < -0.39 is 132 Å². The number of nitrogens with one attached hydrogen (secondary N) is 12. The number of anilines is 2. The third-order valence-corrected chi connectivity index (χ3v) is 18.3. The maximum atomic E-state index is 15.3. The van der Waals surface area contributed by atoms with E-state index in [1.807, 2.05) is 70.2 Å². The highest BCUT2D eigenvalue weighted by molar-refractivity contribution is 6.30. The summed E-state index contributed by atoms with van der Waals surface area (Å²) in [7, 11) is 0. The van der Waals surface area contributed by atoms with Crippen LogP contribution in [0, 0.1) is 5.92 Å². The zero-order valence-corrected chi connectivity index (χ0v) is 63.3. The molecule has 10 atom stereocenters. The van der Waals surface area contributed by atoms with E-state index in [0.717, 1.165) is 10.8 Å². The van der Waals surface area contributed by atoms with Gasteiger partial charge in [0.05, 0.1) is 6.61 Å². The van der Waals surface area contributed by atoms with Gasteiger partial charge in [-0.05, 0) is 133 Å². The number of hydrogen-bond acceptors (Lipinski definition) is 16. The molecule has 0 unspecified atom stereocenters. The quantitative estimate of drug-likeness (QED) is 0.0247. The van der Waals surface area contributed by atoms with Gasteiger partial charge in [-0.2, -0.15) is 0 Å². The molecular formula is C79H100ClN15O14. The first kappa shape index (κ1) is 85.1. The Bertz CT molecular complexity index is 4170. The van der Waals surface area contributed by atoms with Gasteiger partial charge >= 0.3 is 0 Å².